The number of benzene rings is 2. The Morgan fingerprint density at radius 1 is 1.07 bits per heavy atom. The molecular formula is C23H30N2O4S. The monoisotopic (exact) mass is 430 g/mol. The van der Waals surface area contributed by atoms with Crippen LogP contribution >= 0.6 is 0 Å². The maximum absolute atomic E-state index is 12.9. The molecule has 1 N–H and O–H groups in total. The molecule has 1 amide bonds. The zero-order valence-electron chi connectivity index (χ0n) is 17.8. The van der Waals surface area contributed by atoms with E-state index in [1.165, 1.54) is 4.31 Å². The molecule has 2 aromatic carbocycles. The first-order chi connectivity index (χ1) is 14.3. The van der Waals surface area contributed by atoms with E-state index in [2.05, 4.69) is 5.32 Å². The molecule has 30 heavy (non-hydrogen) atoms. The summed E-state index contributed by atoms with van der Waals surface area (Å²) in [6.07, 6.45) is 1.83. The van der Waals surface area contributed by atoms with Gasteiger partial charge in [-0.2, -0.15) is 4.31 Å². The van der Waals surface area contributed by atoms with Crippen LogP contribution in [0.5, 0.6) is 5.75 Å². The van der Waals surface area contributed by atoms with Crippen molar-refractivity contribution in [2.75, 3.05) is 26.7 Å². The van der Waals surface area contributed by atoms with E-state index >= 15 is 0 Å². The van der Waals surface area contributed by atoms with E-state index in [1.54, 1.807) is 19.2 Å². The molecule has 1 heterocycles. The van der Waals surface area contributed by atoms with Gasteiger partial charge in [-0.05, 0) is 74.1 Å². The summed E-state index contributed by atoms with van der Waals surface area (Å²) < 4.78 is 32.5. The third-order valence-corrected chi connectivity index (χ3v) is 7.71. The Balaban J connectivity index is 1.49. The Morgan fingerprint density at radius 2 is 1.73 bits per heavy atom. The lowest BCUT2D eigenvalue weighted by molar-refractivity contribution is -0.126. The molecule has 7 heteroatoms. The van der Waals surface area contributed by atoms with Crippen LogP contribution in [0.1, 0.15) is 29.5 Å². The maximum atomic E-state index is 12.9. The molecule has 3 rings (SSSR count). The number of amides is 1. The number of carbonyl (C=O) groups is 1. The van der Waals surface area contributed by atoms with E-state index < -0.39 is 10.0 Å². The van der Waals surface area contributed by atoms with Crippen LogP contribution in [0.25, 0.3) is 0 Å². The smallest absolute Gasteiger partial charge is 0.243 e. The second kappa shape index (κ2) is 9.62. The molecule has 1 aliphatic rings. The zero-order valence-corrected chi connectivity index (χ0v) is 18.7. The lowest BCUT2D eigenvalue weighted by atomic mass is 9.97. The predicted molar refractivity (Wildman–Crippen MR) is 117 cm³/mol. The van der Waals surface area contributed by atoms with E-state index in [0.717, 1.165) is 28.9 Å². The quantitative estimate of drug-likeness (QED) is 0.733. The highest BCUT2D eigenvalue weighted by atomic mass is 32.2. The van der Waals surface area contributed by atoms with Gasteiger partial charge in [-0.25, -0.2) is 8.42 Å². The number of nitrogens with one attached hydrogen (secondary N) is 1. The van der Waals surface area contributed by atoms with E-state index in [4.69, 9.17) is 4.74 Å². The number of hydrogen-bond acceptors (Lipinski definition) is 4. The van der Waals surface area contributed by atoms with Crippen molar-refractivity contribution in [3.8, 4) is 5.75 Å². The number of rotatable bonds is 7. The van der Waals surface area contributed by atoms with Gasteiger partial charge in [-0.3, -0.25) is 4.79 Å². The summed E-state index contributed by atoms with van der Waals surface area (Å²) >= 11 is 0. The normalized spacial score (nSPS) is 15.7. The summed E-state index contributed by atoms with van der Waals surface area (Å²) in [5.74, 6) is 0.670. The Bertz CT molecular complexity index is 979. The first-order valence-corrected chi connectivity index (χ1v) is 11.7. The summed E-state index contributed by atoms with van der Waals surface area (Å²) in [6, 6.07) is 13.0. The Hall–Kier alpha value is -2.38. The van der Waals surface area contributed by atoms with Crippen molar-refractivity contribution in [2.45, 2.75) is 38.0 Å². The number of methoxy groups -OCH3 is 1. The first-order valence-electron chi connectivity index (χ1n) is 10.3. The lowest BCUT2D eigenvalue weighted by Gasteiger charge is -2.30. The average Bonchev–Trinajstić information content (AvgIpc) is 2.76. The molecule has 1 fully saturated rings. The minimum absolute atomic E-state index is 0.00624. The number of sulfonamides is 1. The van der Waals surface area contributed by atoms with Gasteiger partial charge in [0.15, 0.2) is 0 Å². The van der Waals surface area contributed by atoms with Gasteiger partial charge in [0.1, 0.15) is 5.75 Å². The number of piperidine rings is 1. The average molecular weight is 431 g/mol. The van der Waals surface area contributed by atoms with Gasteiger partial charge in [0, 0.05) is 25.6 Å². The second-order valence-corrected chi connectivity index (χ2v) is 9.75. The molecule has 0 radical (unpaired) electrons. The fourth-order valence-electron chi connectivity index (χ4n) is 3.65. The summed E-state index contributed by atoms with van der Waals surface area (Å²) in [6.45, 7) is 5.17. The molecule has 0 spiro atoms. The molecule has 0 aromatic heterocycles. The minimum Gasteiger partial charge on any atom is -0.497 e. The van der Waals surface area contributed by atoms with Gasteiger partial charge >= 0.3 is 0 Å². The molecule has 0 bridgehead atoms. The number of nitrogens with zero attached hydrogens (tertiary/aromatic N) is 1. The van der Waals surface area contributed by atoms with Crippen molar-refractivity contribution < 1.29 is 17.9 Å². The highest BCUT2D eigenvalue weighted by Gasteiger charge is 2.32. The van der Waals surface area contributed by atoms with Crippen LogP contribution < -0.4 is 10.1 Å². The van der Waals surface area contributed by atoms with Gasteiger partial charge in [-0.15, -0.1) is 0 Å². The Morgan fingerprint density at radius 3 is 2.33 bits per heavy atom. The third kappa shape index (κ3) is 5.21. The van der Waals surface area contributed by atoms with Crippen molar-refractivity contribution in [3.05, 3.63) is 59.2 Å². The highest BCUT2D eigenvalue weighted by molar-refractivity contribution is 7.89. The fraction of sp³-hybridized carbons (Fsp3) is 0.435. The van der Waals surface area contributed by atoms with Crippen LogP contribution in [0.3, 0.4) is 0 Å². The van der Waals surface area contributed by atoms with Gasteiger partial charge in [0.25, 0.3) is 0 Å². The van der Waals surface area contributed by atoms with Crippen molar-refractivity contribution in [2.24, 2.45) is 5.92 Å². The summed E-state index contributed by atoms with van der Waals surface area (Å²) in [4.78, 5) is 12.8. The largest absolute Gasteiger partial charge is 0.497 e. The van der Waals surface area contributed by atoms with E-state index in [1.807, 2.05) is 44.2 Å². The number of ether oxygens (including phenoxy) is 1. The lowest BCUT2D eigenvalue weighted by Crippen LogP contribution is -2.43. The van der Waals surface area contributed by atoms with Gasteiger partial charge in [0.2, 0.25) is 15.9 Å². The molecule has 0 atom stereocenters. The zero-order chi connectivity index (χ0) is 21.7. The van der Waals surface area contributed by atoms with E-state index in [-0.39, 0.29) is 11.8 Å². The SMILES string of the molecule is COc1ccc(CCNC(=O)C2CCN(S(=O)(=O)c3ccc(C)c(C)c3)CC2)cc1. The first kappa shape index (κ1) is 22.3. The number of aryl methyl sites for hydroxylation is 2. The highest BCUT2D eigenvalue weighted by Crippen LogP contribution is 2.25. The molecular weight excluding hydrogens is 400 g/mol. The summed E-state index contributed by atoms with van der Waals surface area (Å²) in [5, 5.41) is 2.99. The van der Waals surface area contributed by atoms with Crippen LogP contribution in [-0.4, -0.2) is 45.4 Å². The van der Waals surface area contributed by atoms with Gasteiger partial charge in [-0.1, -0.05) is 18.2 Å². The second-order valence-electron chi connectivity index (χ2n) is 7.81. The number of carbonyl (C=O) groups excluding carboxylic acids is 1. The van der Waals surface area contributed by atoms with Crippen molar-refractivity contribution in [3.63, 3.8) is 0 Å². The van der Waals surface area contributed by atoms with Gasteiger partial charge in [0.05, 0.1) is 12.0 Å². The third-order valence-electron chi connectivity index (χ3n) is 5.81. The summed E-state index contributed by atoms with van der Waals surface area (Å²) in [7, 11) is -1.89. The molecule has 6 nitrogen and oxygen atoms in total. The standard InChI is InChI=1S/C23H30N2O4S/c1-17-4-9-22(16-18(17)2)30(27,28)25-14-11-20(12-15-25)23(26)24-13-10-19-5-7-21(29-3)8-6-19/h4-9,16,20H,10-15H2,1-3H3,(H,24,26). The van der Waals surface area contributed by atoms with E-state index in [9.17, 15) is 13.2 Å². The van der Waals surface area contributed by atoms with Gasteiger partial charge < -0.3 is 10.1 Å². The fourth-order valence-corrected chi connectivity index (χ4v) is 5.20. The van der Waals surface area contributed by atoms with Crippen LogP contribution in [0, 0.1) is 19.8 Å². The van der Waals surface area contributed by atoms with Crippen molar-refractivity contribution in [1.82, 2.24) is 9.62 Å². The summed E-state index contributed by atoms with van der Waals surface area (Å²) in [5.41, 5.74) is 3.16. The molecule has 0 unspecified atom stereocenters. The number of hydrogen-bond donors (Lipinski definition) is 1. The Labute approximate surface area is 179 Å². The molecule has 162 valence electrons. The van der Waals surface area contributed by atoms with Crippen LogP contribution in [0.4, 0.5) is 0 Å². The molecule has 1 aliphatic heterocycles. The van der Waals surface area contributed by atoms with Crippen LogP contribution in [-0.2, 0) is 21.2 Å². The van der Waals surface area contributed by atoms with Crippen molar-refractivity contribution >= 4 is 15.9 Å². The molecule has 1 saturated heterocycles. The molecule has 0 saturated carbocycles. The van der Waals surface area contributed by atoms with Crippen LogP contribution in [0.2, 0.25) is 0 Å². The van der Waals surface area contributed by atoms with E-state index in [0.29, 0.717) is 37.4 Å². The molecule has 0 aliphatic carbocycles. The maximum Gasteiger partial charge on any atom is 0.243 e. The van der Waals surface area contributed by atoms with Crippen LogP contribution in [0.15, 0.2) is 47.4 Å². The molecule has 2 aromatic rings. The predicted octanol–water partition coefficient (Wildman–Crippen LogP) is 3.07. The topological polar surface area (TPSA) is 75.7 Å². The Kier molecular flexibility index (Phi) is 7.15. The minimum atomic E-state index is -3.52. The van der Waals surface area contributed by atoms with Crippen molar-refractivity contribution in [1.29, 1.82) is 0 Å².